The maximum atomic E-state index is 12.0. The van der Waals surface area contributed by atoms with Gasteiger partial charge in [0, 0.05) is 6.42 Å². The SMILES string of the molecule is C=C1CC/C(=C\C(=O)CC)c2c(C)c(C)c(C)c(C)c2C1=C. The van der Waals surface area contributed by atoms with E-state index in [1.165, 1.54) is 33.4 Å². The van der Waals surface area contributed by atoms with Crippen LogP contribution in [0, 0.1) is 27.7 Å². The van der Waals surface area contributed by atoms with Crippen molar-refractivity contribution in [1.29, 1.82) is 0 Å². The molecule has 0 aliphatic heterocycles. The Balaban J connectivity index is 2.87. The molecule has 0 unspecified atom stereocenters. The first-order valence-corrected chi connectivity index (χ1v) is 8.01. The van der Waals surface area contributed by atoms with E-state index >= 15 is 0 Å². The van der Waals surface area contributed by atoms with Crippen LogP contribution in [0.5, 0.6) is 0 Å². The lowest BCUT2D eigenvalue weighted by Crippen LogP contribution is -2.04. The summed E-state index contributed by atoms with van der Waals surface area (Å²) in [4.78, 5) is 12.0. The number of ketones is 1. The van der Waals surface area contributed by atoms with Crippen molar-refractivity contribution in [3.8, 4) is 0 Å². The lowest BCUT2D eigenvalue weighted by molar-refractivity contribution is -0.114. The number of benzene rings is 1. The number of carbonyl (C=O) groups excluding carboxylic acids is 1. The fourth-order valence-electron chi connectivity index (χ4n) is 3.27. The topological polar surface area (TPSA) is 17.1 Å². The molecule has 1 aliphatic rings. The Bertz CT molecular complexity index is 714. The Morgan fingerprint density at radius 1 is 0.955 bits per heavy atom. The molecule has 0 bridgehead atoms. The van der Waals surface area contributed by atoms with Crippen molar-refractivity contribution in [2.45, 2.75) is 53.9 Å². The van der Waals surface area contributed by atoms with Crippen LogP contribution in [0.15, 0.2) is 24.8 Å². The van der Waals surface area contributed by atoms with Crippen molar-refractivity contribution in [3.63, 3.8) is 0 Å². The van der Waals surface area contributed by atoms with Crippen molar-refractivity contribution in [3.05, 3.63) is 58.2 Å². The molecule has 0 spiro atoms. The van der Waals surface area contributed by atoms with Gasteiger partial charge in [0.2, 0.25) is 0 Å². The van der Waals surface area contributed by atoms with Gasteiger partial charge in [0.1, 0.15) is 0 Å². The molecule has 0 atom stereocenters. The normalized spacial score (nSPS) is 16.7. The summed E-state index contributed by atoms with van der Waals surface area (Å²) in [5.41, 5.74) is 10.8. The highest BCUT2D eigenvalue weighted by atomic mass is 16.1. The third-order valence-corrected chi connectivity index (χ3v) is 5.12. The van der Waals surface area contributed by atoms with E-state index in [0.717, 1.165) is 29.6 Å². The Labute approximate surface area is 134 Å². The molecule has 0 saturated carbocycles. The molecule has 0 amide bonds. The van der Waals surface area contributed by atoms with Crippen LogP contribution in [-0.4, -0.2) is 5.78 Å². The van der Waals surface area contributed by atoms with Gasteiger partial charge in [0.05, 0.1) is 0 Å². The summed E-state index contributed by atoms with van der Waals surface area (Å²) in [7, 11) is 0. The Kier molecular flexibility index (Phi) is 4.55. The standard InChI is InChI=1S/C21H26O/c1-8-19(22)11-18-10-9-12(2)13(3)20-16(6)14(4)15(5)17(7)21(18)20/h11H,2-3,8-10H2,1,4-7H3/b18-11+. The van der Waals surface area contributed by atoms with E-state index in [1.54, 1.807) is 0 Å². The molecule has 1 aromatic rings. The highest BCUT2D eigenvalue weighted by molar-refractivity contribution is 6.00. The molecule has 1 nitrogen and oxygen atoms in total. The molecule has 1 aliphatic carbocycles. The second kappa shape index (κ2) is 6.08. The van der Waals surface area contributed by atoms with E-state index in [0.29, 0.717) is 6.42 Å². The first-order valence-electron chi connectivity index (χ1n) is 8.01. The largest absolute Gasteiger partial charge is 0.295 e. The minimum absolute atomic E-state index is 0.189. The molecule has 0 heterocycles. The summed E-state index contributed by atoms with van der Waals surface area (Å²) in [5.74, 6) is 0.189. The minimum atomic E-state index is 0.189. The Morgan fingerprint density at radius 2 is 1.50 bits per heavy atom. The maximum Gasteiger partial charge on any atom is 0.155 e. The zero-order chi connectivity index (χ0) is 16.6. The fourth-order valence-corrected chi connectivity index (χ4v) is 3.27. The van der Waals surface area contributed by atoms with Crippen LogP contribution in [0.4, 0.5) is 0 Å². The molecule has 116 valence electrons. The average Bonchev–Trinajstić information content (AvgIpc) is 2.62. The fraction of sp³-hybridized carbons (Fsp3) is 0.381. The molecule has 1 heteroatoms. The van der Waals surface area contributed by atoms with Crippen LogP contribution in [0.25, 0.3) is 11.1 Å². The number of allylic oxidation sites excluding steroid dienone is 4. The first-order chi connectivity index (χ1) is 10.3. The zero-order valence-corrected chi connectivity index (χ0v) is 14.5. The highest BCUT2D eigenvalue weighted by Gasteiger charge is 2.24. The van der Waals surface area contributed by atoms with Crippen molar-refractivity contribution < 1.29 is 4.79 Å². The summed E-state index contributed by atoms with van der Waals surface area (Å²) in [6.45, 7) is 19.0. The lowest BCUT2D eigenvalue weighted by Gasteiger charge is -2.21. The molecule has 0 N–H and O–H groups in total. The van der Waals surface area contributed by atoms with Crippen LogP contribution < -0.4 is 0 Å². The van der Waals surface area contributed by atoms with Crippen LogP contribution >= 0.6 is 0 Å². The Morgan fingerprint density at radius 3 is 2.05 bits per heavy atom. The third kappa shape index (κ3) is 2.61. The highest BCUT2D eigenvalue weighted by Crippen LogP contribution is 2.43. The average molecular weight is 294 g/mol. The van der Waals surface area contributed by atoms with E-state index in [-0.39, 0.29) is 5.78 Å². The predicted molar refractivity (Wildman–Crippen MR) is 96.1 cm³/mol. The molecular weight excluding hydrogens is 268 g/mol. The molecule has 22 heavy (non-hydrogen) atoms. The molecule has 0 aromatic heterocycles. The molecule has 0 fully saturated rings. The van der Waals surface area contributed by atoms with Gasteiger partial charge in [-0.2, -0.15) is 0 Å². The van der Waals surface area contributed by atoms with Gasteiger partial charge < -0.3 is 0 Å². The summed E-state index contributed by atoms with van der Waals surface area (Å²) in [6, 6.07) is 0. The van der Waals surface area contributed by atoms with E-state index in [4.69, 9.17) is 0 Å². The molecular formula is C21H26O. The van der Waals surface area contributed by atoms with Gasteiger partial charge in [0.15, 0.2) is 5.78 Å². The Hall–Kier alpha value is -1.89. The van der Waals surface area contributed by atoms with Crippen LogP contribution in [0.2, 0.25) is 0 Å². The van der Waals surface area contributed by atoms with Crippen molar-refractivity contribution >= 4 is 16.9 Å². The summed E-state index contributed by atoms with van der Waals surface area (Å²) in [5, 5.41) is 0. The summed E-state index contributed by atoms with van der Waals surface area (Å²) < 4.78 is 0. The smallest absolute Gasteiger partial charge is 0.155 e. The maximum absolute atomic E-state index is 12.0. The van der Waals surface area contributed by atoms with Gasteiger partial charge in [-0.05, 0) is 96.7 Å². The van der Waals surface area contributed by atoms with Crippen LogP contribution in [-0.2, 0) is 4.79 Å². The van der Waals surface area contributed by atoms with Gasteiger partial charge in [-0.15, -0.1) is 0 Å². The van der Waals surface area contributed by atoms with Crippen molar-refractivity contribution in [1.82, 2.24) is 0 Å². The van der Waals surface area contributed by atoms with Gasteiger partial charge in [-0.25, -0.2) is 0 Å². The molecule has 0 radical (unpaired) electrons. The minimum Gasteiger partial charge on any atom is -0.295 e. The lowest BCUT2D eigenvalue weighted by atomic mass is 9.83. The molecule has 2 rings (SSSR count). The predicted octanol–water partition coefficient (Wildman–Crippen LogP) is 5.65. The van der Waals surface area contributed by atoms with Gasteiger partial charge >= 0.3 is 0 Å². The number of carbonyl (C=O) groups is 1. The summed E-state index contributed by atoms with van der Waals surface area (Å²) >= 11 is 0. The summed E-state index contributed by atoms with van der Waals surface area (Å²) in [6.07, 6.45) is 4.11. The molecule has 0 saturated heterocycles. The third-order valence-electron chi connectivity index (χ3n) is 5.12. The van der Waals surface area contributed by atoms with E-state index in [9.17, 15) is 4.79 Å². The van der Waals surface area contributed by atoms with Crippen LogP contribution in [0.3, 0.4) is 0 Å². The van der Waals surface area contributed by atoms with Crippen molar-refractivity contribution in [2.24, 2.45) is 0 Å². The quantitative estimate of drug-likeness (QED) is 0.509. The van der Waals surface area contributed by atoms with E-state index < -0.39 is 0 Å². The number of fused-ring (bicyclic) bond motifs is 1. The van der Waals surface area contributed by atoms with E-state index in [1.807, 2.05) is 13.0 Å². The van der Waals surface area contributed by atoms with Gasteiger partial charge in [0.25, 0.3) is 0 Å². The van der Waals surface area contributed by atoms with Gasteiger partial charge in [-0.1, -0.05) is 20.1 Å². The monoisotopic (exact) mass is 294 g/mol. The number of hydrogen-bond acceptors (Lipinski definition) is 1. The van der Waals surface area contributed by atoms with Gasteiger partial charge in [-0.3, -0.25) is 4.79 Å². The molecule has 1 aromatic carbocycles. The van der Waals surface area contributed by atoms with Crippen LogP contribution in [0.1, 0.15) is 59.6 Å². The second-order valence-corrected chi connectivity index (χ2v) is 6.32. The first kappa shape index (κ1) is 16.5. The number of hydrogen-bond donors (Lipinski definition) is 0. The zero-order valence-electron chi connectivity index (χ0n) is 14.5. The van der Waals surface area contributed by atoms with E-state index in [2.05, 4.69) is 40.9 Å². The number of rotatable bonds is 2. The second-order valence-electron chi connectivity index (χ2n) is 6.32. The van der Waals surface area contributed by atoms with Crippen molar-refractivity contribution in [2.75, 3.05) is 0 Å².